The lowest BCUT2D eigenvalue weighted by atomic mass is 9.83. The van der Waals surface area contributed by atoms with Gasteiger partial charge in [-0.1, -0.05) is 56.3 Å². The molecule has 0 fully saturated rings. The maximum absolute atomic E-state index is 14.0. The Morgan fingerprint density at radius 2 is 1.74 bits per heavy atom. The lowest BCUT2D eigenvalue weighted by molar-refractivity contribution is -0.119. The Balaban J connectivity index is 2.12. The minimum absolute atomic E-state index is 0.0245. The molecule has 2 aromatic carbocycles. The number of benzene rings is 2. The molecule has 1 heterocycles. The number of nitrogens with zero attached hydrogens (tertiary/aromatic N) is 1. The molecule has 0 saturated carbocycles. The Hall–Kier alpha value is -3.04. The molecule has 8 nitrogen and oxygen atoms in total. The summed E-state index contributed by atoms with van der Waals surface area (Å²) in [6.07, 6.45) is 1.01. The van der Waals surface area contributed by atoms with Crippen LogP contribution in [0.25, 0.3) is 11.1 Å². The van der Waals surface area contributed by atoms with Crippen molar-refractivity contribution >= 4 is 32.8 Å². The van der Waals surface area contributed by atoms with Crippen molar-refractivity contribution in [2.24, 2.45) is 11.1 Å². The van der Waals surface area contributed by atoms with Crippen LogP contribution in [0.4, 0.5) is 0 Å². The third-order valence-corrected chi connectivity index (χ3v) is 7.57. The fourth-order valence-electron chi connectivity index (χ4n) is 4.35. The molecule has 0 bridgehead atoms. The second-order valence-corrected chi connectivity index (χ2v) is 10.8. The van der Waals surface area contributed by atoms with Gasteiger partial charge >= 0.3 is 0 Å². The number of carbonyl (C=O) groups is 2. The number of carbonyl (C=O) groups excluding carboxylic acids is 2. The number of amides is 1. The maximum Gasteiger partial charge on any atom is 0.266 e. The van der Waals surface area contributed by atoms with Crippen molar-refractivity contribution in [3.8, 4) is 0 Å². The normalized spacial score (nSPS) is 14.6. The fourth-order valence-corrected chi connectivity index (χ4v) is 5.67. The van der Waals surface area contributed by atoms with Gasteiger partial charge in [-0.25, -0.2) is 18.5 Å². The molecular formula is C25H31N3O5S. The van der Waals surface area contributed by atoms with Gasteiger partial charge in [0.25, 0.3) is 5.89 Å². The predicted molar refractivity (Wildman–Crippen MR) is 131 cm³/mol. The number of ketones is 1. The Morgan fingerprint density at radius 1 is 1.09 bits per heavy atom. The minimum Gasteiger partial charge on any atom is -0.434 e. The average Bonchev–Trinajstić information content (AvgIpc) is 3.19. The average molecular weight is 486 g/mol. The monoisotopic (exact) mass is 485 g/mol. The standard InChI is InChI=1S/C25H31N3O5S/c1-17(2)16-22(27-18(3)29)25(34(26,31)32,15-9-12-19-10-5-4-6-11-19)23(30)24-28-20-13-7-8-14-21(20)33-24/h4-8,10-11,13-14,17,22H,9,12,15-16H2,1-3H3,(H,27,29)(H2,26,31,32)/t22-,25-/m0/s1. The van der Waals surface area contributed by atoms with E-state index in [4.69, 9.17) is 9.56 Å². The Morgan fingerprint density at radius 3 is 2.32 bits per heavy atom. The van der Waals surface area contributed by atoms with Crippen LogP contribution < -0.4 is 10.5 Å². The van der Waals surface area contributed by atoms with Crippen molar-refractivity contribution in [2.75, 3.05) is 0 Å². The zero-order chi connectivity index (χ0) is 24.9. The number of hydrogen-bond donors (Lipinski definition) is 2. The van der Waals surface area contributed by atoms with Crippen molar-refractivity contribution in [1.29, 1.82) is 0 Å². The first-order valence-electron chi connectivity index (χ1n) is 11.3. The first-order valence-corrected chi connectivity index (χ1v) is 12.8. The highest BCUT2D eigenvalue weighted by molar-refractivity contribution is 7.91. The summed E-state index contributed by atoms with van der Waals surface area (Å²) in [7, 11) is -4.52. The van der Waals surface area contributed by atoms with E-state index in [0.29, 0.717) is 23.9 Å². The number of hydrogen-bond acceptors (Lipinski definition) is 6. The molecule has 1 aromatic heterocycles. The van der Waals surface area contributed by atoms with E-state index in [1.54, 1.807) is 24.3 Å². The Labute approximate surface area is 200 Å². The zero-order valence-electron chi connectivity index (χ0n) is 19.7. The van der Waals surface area contributed by atoms with Gasteiger partial charge in [-0.2, -0.15) is 0 Å². The third-order valence-electron chi connectivity index (χ3n) is 5.88. The van der Waals surface area contributed by atoms with E-state index in [1.807, 2.05) is 44.2 Å². The van der Waals surface area contributed by atoms with E-state index in [0.717, 1.165) is 5.56 Å². The molecule has 0 spiro atoms. The van der Waals surface area contributed by atoms with Crippen LogP contribution in [0.2, 0.25) is 0 Å². The molecule has 0 aliphatic heterocycles. The number of aryl methyl sites for hydroxylation is 1. The molecule has 0 radical (unpaired) electrons. The maximum atomic E-state index is 14.0. The number of aromatic nitrogens is 1. The molecule has 0 aliphatic carbocycles. The van der Waals surface area contributed by atoms with E-state index in [-0.39, 0.29) is 24.7 Å². The number of rotatable bonds is 11. The van der Waals surface area contributed by atoms with Gasteiger partial charge in [-0.05, 0) is 49.3 Å². The zero-order valence-corrected chi connectivity index (χ0v) is 20.5. The number of primary sulfonamides is 1. The van der Waals surface area contributed by atoms with Crippen LogP contribution >= 0.6 is 0 Å². The molecule has 0 aliphatic rings. The van der Waals surface area contributed by atoms with Crippen molar-refractivity contribution in [1.82, 2.24) is 10.3 Å². The van der Waals surface area contributed by atoms with E-state index in [2.05, 4.69) is 10.3 Å². The molecule has 3 aromatic rings. The summed E-state index contributed by atoms with van der Waals surface area (Å²) in [6, 6.07) is 15.3. The van der Waals surface area contributed by atoms with Gasteiger partial charge in [0.05, 0.1) is 6.04 Å². The number of para-hydroxylation sites is 2. The van der Waals surface area contributed by atoms with Crippen LogP contribution in [-0.2, 0) is 21.2 Å². The minimum atomic E-state index is -4.52. The molecular weight excluding hydrogens is 454 g/mol. The Kier molecular flexibility index (Phi) is 7.89. The molecule has 9 heteroatoms. The molecule has 34 heavy (non-hydrogen) atoms. The molecule has 182 valence electrons. The fraction of sp³-hybridized carbons (Fsp3) is 0.400. The van der Waals surface area contributed by atoms with Crippen LogP contribution in [0.1, 0.15) is 56.3 Å². The molecule has 3 rings (SSSR count). The van der Waals surface area contributed by atoms with Crippen molar-refractivity contribution < 1.29 is 22.4 Å². The van der Waals surface area contributed by atoms with Gasteiger partial charge in [0.15, 0.2) is 10.3 Å². The van der Waals surface area contributed by atoms with Gasteiger partial charge in [0.1, 0.15) is 5.52 Å². The summed E-state index contributed by atoms with van der Waals surface area (Å²) in [6.45, 7) is 5.06. The molecule has 2 atom stereocenters. The van der Waals surface area contributed by atoms with E-state index >= 15 is 0 Å². The van der Waals surface area contributed by atoms with Crippen molar-refractivity contribution in [3.63, 3.8) is 0 Å². The summed E-state index contributed by atoms with van der Waals surface area (Å²) < 4.78 is 30.1. The summed E-state index contributed by atoms with van der Waals surface area (Å²) >= 11 is 0. The predicted octanol–water partition coefficient (Wildman–Crippen LogP) is 3.61. The van der Waals surface area contributed by atoms with Crippen LogP contribution in [0, 0.1) is 5.92 Å². The number of fused-ring (bicyclic) bond motifs is 1. The molecule has 0 unspecified atom stereocenters. The lowest BCUT2D eigenvalue weighted by Crippen LogP contribution is -2.64. The number of sulfonamides is 1. The number of nitrogens with one attached hydrogen (secondary N) is 1. The smallest absolute Gasteiger partial charge is 0.266 e. The van der Waals surface area contributed by atoms with Crippen LogP contribution in [0.5, 0.6) is 0 Å². The Bertz CT molecular complexity index is 1220. The second-order valence-electron chi connectivity index (χ2n) is 8.97. The first-order chi connectivity index (χ1) is 16.0. The molecule has 1 amide bonds. The van der Waals surface area contributed by atoms with Gasteiger partial charge < -0.3 is 9.73 Å². The number of Topliss-reactive ketones (excluding diaryl/α,β-unsaturated/α-hetero) is 1. The quantitative estimate of drug-likeness (QED) is 0.399. The van der Waals surface area contributed by atoms with Gasteiger partial charge in [0.2, 0.25) is 21.7 Å². The van der Waals surface area contributed by atoms with E-state index in [1.165, 1.54) is 6.92 Å². The molecule has 3 N–H and O–H groups in total. The molecule has 0 saturated heterocycles. The largest absolute Gasteiger partial charge is 0.434 e. The van der Waals surface area contributed by atoms with Crippen molar-refractivity contribution in [3.05, 3.63) is 66.1 Å². The first kappa shape index (κ1) is 25.6. The topological polar surface area (TPSA) is 132 Å². The number of nitrogens with two attached hydrogens (primary N) is 1. The van der Waals surface area contributed by atoms with E-state index in [9.17, 15) is 18.0 Å². The summed E-state index contributed by atoms with van der Waals surface area (Å²) in [5.41, 5.74) is 1.79. The highest BCUT2D eigenvalue weighted by Gasteiger charge is 2.56. The SMILES string of the molecule is CC(=O)N[C@@H](CC(C)C)[C@@](CCCc1ccccc1)(C(=O)c1nc2ccccc2o1)S(N)(=O)=O. The van der Waals surface area contributed by atoms with Crippen LogP contribution in [0.15, 0.2) is 59.0 Å². The van der Waals surface area contributed by atoms with Crippen LogP contribution in [0.3, 0.4) is 0 Å². The second kappa shape index (κ2) is 10.5. The highest BCUT2D eigenvalue weighted by atomic mass is 32.2. The number of oxazole rings is 1. The third kappa shape index (κ3) is 5.53. The summed E-state index contributed by atoms with van der Waals surface area (Å²) in [4.78, 5) is 30.3. The highest BCUT2D eigenvalue weighted by Crippen LogP contribution is 2.35. The van der Waals surface area contributed by atoms with Gasteiger partial charge in [-0.15, -0.1) is 0 Å². The van der Waals surface area contributed by atoms with Gasteiger partial charge in [-0.3, -0.25) is 9.59 Å². The van der Waals surface area contributed by atoms with Gasteiger partial charge in [0, 0.05) is 6.92 Å². The summed E-state index contributed by atoms with van der Waals surface area (Å²) in [5.74, 6) is -1.66. The lowest BCUT2D eigenvalue weighted by Gasteiger charge is -2.38. The summed E-state index contributed by atoms with van der Waals surface area (Å²) in [5, 5.41) is 8.51. The van der Waals surface area contributed by atoms with E-state index < -0.39 is 32.5 Å². The van der Waals surface area contributed by atoms with Crippen molar-refractivity contribution in [2.45, 2.75) is 57.2 Å². The van der Waals surface area contributed by atoms with Crippen LogP contribution in [-0.4, -0.2) is 35.9 Å².